The van der Waals surface area contributed by atoms with Gasteiger partial charge in [0.2, 0.25) is 10.0 Å². The second-order valence-corrected chi connectivity index (χ2v) is 7.40. The zero-order valence-corrected chi connectivity index (χ0v) is 12.6. The molecule has 1 aromatic rings. The van der Waals surface area contributed by atoms with Crippen molar-refractivity contribution < 1.29 is 8.42 Å². The van der Waals surface area contributed by atoms with Crippen molar-refractivity contribution in [3.8, 4) is 0 Å². The fraction of sp³-hybridized carbons (Fsp3) is 0.571. The van der Waals surface area contributed by atoms with E-state index in [1.807, 2.05) is 0 Å². The van der Waals surface area contributed by atoms with Crippen molar-refractivity contribution in [2.45, 2.75) is 37.5 Å². The lowest BCUT2D eigenvalue weighted by Gasteiger charge is -2.26. The van der Waals surface area contributed by atoms with Crippen molar-refractivity contribution in [1.29, 1.82) is 0 Å². The van der Waals surface area contributed by atoms with Crippen molar-refractivity contribution in [3.05, 3.63) is 18.2 Å². The van der Waals surface area contributed by atoms with Crippen LogP contribution in [0.2, 0.25) is 0 Å². The molecule has 0 heterocycles. The van der Waals surface area contributed by atoms with E-state index in [2.05, 4.69) is 12.2 Å². The summed E-state index contributed by atoms with van der Waals surface area (Å²) in [5.41, 5.74) is 6.84. The van der Waals surface area contributed by atoms with E-state index >= 15 is 0 Å². The topological polar surface area (TPSA) is 98.2 Å². The molecule has 5 nitrogen and oxygen atoms in total. The first-order valence-corrected chi connectivity index (χ1v) is 8.56. The van der Waals surface area contributed by atoms with Crippen LogP contribution in [-0.4, -0.2) is 15.0 Å². The van der Waals surface area contributed by atoms with Gasteiger partial charge in [-0.05, 0) is 42.9 Å². The number of nitrogen functional groups attached to an aromatic ring is 1. The molecule has 0 aliphatic heterocycles. The SMILES string of the molecule is CC1CCC(CNc2cc(N)cc(S(N)(=O)=O)c2)CC1. The van der Waals surface area contributed by atoms with E-state index in [4.69, 9.17) is 10.9 Å². The third-order valence-electron chi connectivity index (χ3n) is 3.99. The molecule has 1 saturated carbocycles. The lowest BCUT2D eigenvalue weighted by molar-refractivity contribution is 0.300. The predicted molar refractivity (Wildman–Crippen MR) is 81.8 cm³/mol. The summed E-state index contributed by atoms with van der Waals surface area (Å²) in [5.74, 6) is 1.47. The second kappa shape index (κ2) is 6.01. The van der Waals surface area contributed by atoms with Crippen molar-refractivity contribution in [2.75, 3.05) is 17.6 Å². The monoisotopic (exact) mass is 297 g/mol. The van der Waals surface area contributed by atoms with Gasteiger partial charge >= 0.3 is 0 Å². The third kappa shape index (κ3) is 4.11. The Balaban J connectivity index is 2.01. The lowest BCUT2D eigenvalue weighted by Crippen LogP contribution is -2.20. The van der Waals surface area contributed by atoms with Crippen molar-refractivity contribution in [2.24, 2.45) is 17.0 Å². The Labute approximate surface area is 120 Å². The van der Waals surface area contributed by atoms with Crippen LogP contribution in [0.5, 0.6) is 0 Å². The van der Waals surface area contributed by atoms with Gasteiger partial charge in [0.15, 0.2) is 0 Å². The van der Waals surface area contributed by atoms with Gasteiger partial charge in [-0.1, -0.05) is 19.8 Å². The third-order valence-corrected chi connectivity index (χ3v) is 4.88. The summed E-state index contributed by atoms with van der Waals surface area (Å²) in [6.07, 6.45) is 4.98. The van der Waals surface area contributed by atoms with Gasteiger partial charge in [0.1, 0.15) is 0 Å². The van der Waals surface area contributed by atoms with Gasteiger partial charge in [-0.2, -0.15) is 0 Å². The molecule has 0 spiro atoms. The number of anilines is 2. The van der Waals surface area contributed by atoms with Gasteiger partial charge in [-0.15, -0.1) is 0 Å². The molecule has 0 radical (unpaired) electrons. The summed E-state index contributed by atoms with van der Waals surface area (Å²) in [7, 11) is -3.72. The summed E-state index contributed by atoms with van der Waals surface area (Å²) in [5, 5.41) is 8.42. The van der Waals surface area contributed by atoms with Crippen molar-refractivity contribution >= 4 is 21.4 Å². The normalized spacial score (nSPS) is 23.5. The van der Waals surface area contributed by atoms with Crippen LogP contribution in [0.15, 0.2) is 23.1 Å². The molecule has 6 heteroatoms. The largest absolute Gasteiger partial charge is 0.399 e. The van der Waals surface area contributed by atoms with Crippen molar-refractivity contribution in [3.63, 3.8) is 0 Å². The summed E-state index contributed by atoms with van der Waals surface area (Å²) in [6.45, 7) is 3.14. The maximum Gasteiger partial charge on any atom is 0.238 e. The van der Waals surface area contributed by atoms with Crippen LogP contribution in [0.3, 0.4) is 0 Å². The number of hydrogen-bond acceptors (Lipinski definition) is 4. The standard InChI is InChI=1S/C14H23N3O2S/c1-10-2-4-11(5-3-10)9-17-13-6-12(15)7-14(8-13)20(16,18)19/h6-8,10-11,17H,2-5,9,15H2,1H3,(H2,16,18,19). The summed E-state index contributed by atoms with van der Waals surface area (Å²) in [6, 6.07) is 4.65. The predicted octanol–water partition coefficient (Wildman–Crippen LogP) is 2.15. The van der Waals surface area contributed by atoms with Crippen LogP contribution >= 0.6 is 0 Å². The van der Waals surface area contributed by atoms with Crippen LogP contribution in [0.4, 0.5) is 11.4 Å². The van der Waals surface area contributed by atoms with Gasteiger partial charge in [0.25, 0.3) is 0 Å². The Morgan fingerprint density at radius 1 is 1.20 bits per heavy atom. The fourth-order valence-electron chi connectivity index (χ4n) is 2.68. The summed E-state index contributed by atoms with van der Waals surface area (Å²) < 4.78 is 22.7. The fourth-order valence-corrected chi connectivity index (χ4v) is 3.28. The molecule has 0 bridgehead atoms. The zero-order chi connectivity index (χ0) is 14.8. The molecule has 1 aromatic carbocycles. The van der Waals surface area contributed by atoms with Crippen LogP contribution < -0.4 is 16.2 Å². The highest BCUT2D eigenvalue weighted by Gasteiger charge is 2.18. The smallest absolute Gasteiger partial charge is 0.238 e. The van der Waals surface area contributed by atoms with Crippen LogP contribution in [0.1, 0.15) is 32.6 Å². The average Bonchev–Trinajstić information content (AvgIpc) is 2.36. The second-order valence-electron chi connectivity index (χ2n) is 5.84. The Bertz CT molecular complexity index is 564. The van der Waals surface area contributed by atoms with Crippen LogP contribution in [0, 0.1) is 11.8 Å². The highest BCUT2D eigenvalue weighted by molar-refractivity contribution is 7.89. The summed E-state index contributed by atoms with van der Waals surface area (Å²) in [4.78, 5) is 0.0530. The van der Waals surface area contributed by atoms with Crippen LogP contribution in [-0.2, 0) is 10.0 Å². The molecule has 0 saturated heterocycles. The van der Waals surface area contributed by atoms with E-state index in [0.717, 1.165) is 12.5 Å². The Morgan fingerprint density at radius 3 is 2.45 bits per heavy atom. The van der Waals surface area contributed by atoms with Gasteiger partial charge in [0.05, 0.1) is 4.90 Å². The number of nitrogens with two attached hydrogens (primary N) is 2. The summed E-state index contributed by atoms with van der Waals surface area (Å²) >= 11 is 0. The molecule has 1 aliphatic carbocycles. The first kappa shape index (κ1) is 15.1. The zero-order valence-electron chi connectivity index (χ0n) is 11.8. The molecule has 2 rings (SSSR count). The van der Waals surface area contributed by atoms with E-state index in [9.17, 15) is 8.42 Å². The molecule has 1 aliphatic rings. The van der Waals surface area contributed by atoms with E-state index in [-0.39, 0.29) is 4.90 Å². The Hall–Kier alpha value is -1.27. The molecule has 5 N–H and O–H groups in total. The van der Waals surface area contributed by atoms with Gasteiger partial charge in [-0.3, -0.25) is 0 Å². The van der Waals surface area contributed by atoms with Crippen LogP contribution in [0.25, 0.3) is 0 Å². The molecule has 0 aromatic heterocycles. The van der Waals surface area contributed by atoms with E-state index in [1.165, 1.54) is 37.8 Å². The highest BCUT2D eigenvalue weighted by atomic mass is 32.2. The minimum Gasteiger partial charge on any atom is -0.399 e. The molecular weight excluding hydrogens is 274 g/mol. The van der Waals surface area contributed by atoms with E-state index in [0.29, 0.717) is 17.3 Å². The number of sulfonamides is 1. The Kier molecular flexibility index (Phi) is 4.55. The maximum absolute atomic E-state index is 11.4. The molecule has 0 atom stereocenters. The molecule has 0 unspecified atom stereocenters. The Morgan fingerprint density at radius 2 is 1.85 bits per heavy atom. The van der Waals surface area contributed by atoms with E-state index < -0.39 is 10.0 Å². The molecule has 0 amide bonds. The minimum absolute atomic E-state index is 0.0530. The quantitative estimate of drug-likeness (QED) is 0.742. The number of nitrogens with one attached hydrogen (secondary N) is 1. The first-order valence-electron chi connectivity index (χ1n) is 7.02. The number of hydrogen-bond donors (Lipinski definition) is 3. The molecule has 112 valence electrons. The first-order chi connectivity index (χ1) is 9.34. The van der Waals surface area contributed by atoms with Gasteiger partial charge in [-0.25, -0.2) is 13.6 Å². The van der Waals surface area contributed by atoms with Gasteiger partial charge < -0.3 is 11.1 Å². The molecular formula is C14H23N3O2S. The number of rotatable bonds is 4. The number of benzene rings is 1. The van der Waals surface area contributed by atoms with E-state index in [1.54, 1.807) is 6.07 Å². The van der Waals surface area contributed by atoms with Crippen molar-refractivity contribution in [1.82, 2.24) is 0 Å². The number of primary sulfonamides is 1. The average molecular weight is 297 g/mol. The minimum atomic E-state index is -3.72. The maximum atomic E-state index is 11.4. The molecule has 20 heavy (non-hydrogen) atoms. The highest BCUT2D eigenvalue weighted by Crippen LogP contribution is 2.29. The van der Waals surface area contributed by atoms with Gasteiger partial charge in [0, 0.05) is 17.9 Å². The lowest BCUT2D eigenvalue weighted by atomic mass is 9.83. The molecule has 1 fully saturated rings.